The van der Waals surface area contributed by atoms with Crippen LogP contribution in [0.4, 0.5) is 8.78 Å². The van der Waals surface area contributed by atoms with Gasteiger partial charge in [-0.2, -0.15) is 0 Å². The van der Waals surface area contributed by atoms with Crippen LogP contribution in [0.15, 0.2) is 45.3 Å². The molecule has 0 radical (unpaired) electrons. The van der Waals surface area contributed by atoms with Crippen LogP contribution < -0.4 is 5.32 Å². The van der Waals surface area contributed by atoms with Crippen LogP contribution in [-0.4, -0.2) is 7.05 Å². The third kappa shape index (κ3) is 3.65. The summed E-state index contributed by atoms with van der Waals surface area (Å²) in [4.78, 5) is 0. The van der Waals surface area contributed by atoms with Gasteiger partial charge in [-0.3, -0.25) is 0 Å². The first-order valence-electron chi connectivity index (χ1n) is 6.07. The van der Waals surface area contributed by atoms with E-state index >= 15 is 0 Å². The number of nitrogens with one attached hydrogen (secondary N) is 1. The molecule has 1 nitrogen and oxygen atoms in total. The fraction of sp³-hybridized carbons (Fsp3) is 0.200. The number of likely N-dealkylation sites (N-methyl/N-ethyl adjacent to an activating group) is 1. The maximum atomic E-state index is 14.1. The van der Waals surface area contributed by atoms with E-state index in [4.69, 9.17) is 0 Å². The SMILES string of the molecule is CNC(Cc1cc(F)cc(Br)c1)c1cccc(Br)c1F. The predicted octanol–water partition coefficient (Wildman–Crippen LogP) is 4.99. The highest BCUT2D eigenvalue weighted by Gasteiger charge is 2.16. The first-order valence-corrected chi connectivity index (χ1v) is 7.66. The summed E-state index contributed by atoms with van der Waals surface area (Å²) in [5.41, 5.74) is 1.36. The summed E-state index contributed by atoms with van der Waals surface area (Å²) in [5.74, 6) is -0.596. The first-order chi connectivity index (χ1) is 9.51. The Labute approximate surface area is 133 Å². The van der Waals surface area contributed by atoms with E-state index in [1.807, 2.05) is 6.07 Å². The van der Waals surface area contributed by atoms with Gasteiger partial charge in [0.15, 0.2) is 0 Å². The van der Waals surface area contributed by atoms with Crippen LogP contribution in [-0.2, 0) is 6.42 Å². The zero-order chi connectivity index (χ0) is 14.7. The van der Waals surface area contributed by atoms with Crippen LogP contribution in [0, 0.1) is 11.6 Å². The highest BCUT2D eigenvalue weighted by Crippen LogP contribution is 2.27. The van der Waals surface area contributed by atoms with Crippen LogP contribution in [0.3, 0.4) is 0 Å². The number of benzene rings is 2. The largest absolute Gasteiger partial charge is 0.313 e. The van der Waals surface area contributed by atoms with Crippen molar-refractivity contribution >= 4 is 31.9 Å². The van der Waals surface area contributed by atoms with Crippen molar-refractivity contribution < 1.29 is 8.78 Å². The van der Waals surface area contributed by atoms with Crippen molar-refractivity contribution in [2.45, 2.75) is 12.5 Å². The summed E-state index contributed by atoms with van der Waals surface area (Å²) in [7, 11) is 1.76. The molecule has 2 aromatic rings. The van der Waals surface area contributed by atoms with Gasteiger partial charge in [0, 0.05) is 16.1 Å². The van der Waals surface area contributed by atoms with Gasteiger partial charge in [0.25, 0.3) is 0 Å². The second-order valence-electron chi connectivity index (χ2n) is 4.47. The van der Waals surface area contributed by atoms with Crippen molar-refractivity contribution in [2.24, 2.45) is 0 Å². The monoisotopic (exact) mass is 403 g/mol. The number of rotatable bonds is 4. The molecule has 0 spiro atoms. The summed E-state index contributed by atoms with van der Waals surface area (Å²) in [5, 5.41) is 3.08. The molecule has 20 heavy (non-hydrogen) atoms. The second kappa shape index (κ2) is 6.78. The lowest BCUT2D eigenvalue weighted by Gasteiger charge is -2.18. The Kier molecular flexibility index (Phi) is 5.29. The van der Waals surface area contributed by atoms with Gasteiger partial charge in [0.05, 0.1) is 4.47 Å². The fourth-order valence-electron chi connectivity index (χ4n) is 2.12. The lowest BCUT2D eigenvalue weighted by atomic mass is 9.98. The normalized spacial score (nSPS) is 12.4. The highest BCUT2D eigenvalue weighted by molar-refractivity contribution is 9.10. The Balaban J connectivity index is 2.31. The van der Waals surface area contributed by atoms with Gasteiger partial charge in [0.2, 0.25) is 0 Å². The van der Waals surface area contributed by atoms with E-state index in [0.717, 1.165) is 5.56 Å². The Hall–Kier alpha value is -0.780. The first kappa shape index (κ1) is 15.6. The van der Waals surface area contributed by atoms with Crippen molar-refractivity contribution in [2.75, 3.05) is 7.05 Å². The molecule has 2 aromatic carbocycles. The molecule has 0 aliphatic rings. The minimum atomic E-state index is -0.307. The van der Waals surface area contributed by atoms with Gasteiger partial charge in [0.1, 0.15) is 11.6 Å². The van der Waals surface area contributed by atoms with Gasteiger partial charge >= 0.3 is 0 Å². The van der Waals surface area contributed by atoms with Crippen LogP contribution in [0.5, 0.6) is 0 Å². The lowest BCUT2D eigenvalue weighted by molar-refractivity contribution is 0.529. The molecule has 0 amide bonds. The zero-order valence-corrected chi connectivity index (χ0v) is 13.9. The summed E-state index contributed by atoms with van der Waals surface area (Å²) in [6.07, 6.45) is 0.500. The Morgan fingerprint density at radius 3 is 2.55 bits per heavy atom. The molecule has 0 aliphatic carbocycles. The number of halogens is 4. The van der Waals surface area contributed by atoms with Crippen molar-refractivity contribution in [3.05, 3.63) is 68.1 Å². The quantitative estimate of drug-likeness (QED) is 0.756. The van der Waals surface area contributed by atoms with E-state index in [2.05, 4.69) is 37.2 Å². The third-order valence-corrected chi connectivity index (χ3v) is 4.14. The molecule has 0 aromatic heterocycles. The summed E-state index contributed by atoms with van der Waals surface area (Å²) < 4.78 is 28.6. The van der Waals surface area contributed by atoms with E-state index in [1.54, 1.807) is 25.2 Å². The van der Waals surface area contributed by atoms with E-state index < -0.39 is 0 Å². The average molecular weight is 405 g/mol. The van der Waals surface area contributed by atoms with E-state index in [0.29, 0.717) is 20.9 Å². The number of hydrogen-bond donors (Lipinski definition) is 1. The summed E-state index contributed by atoms with van der Waals surface area (Å²) in [6.45, 7) is 0. The Morgan fingerprint density at radius 2 is 1.90 bits per heavy atom. The average Bonchev–Trinajstić information content (AvgIpc) is 2.38. The zero-order valence-electron chi connectivity index (χ0n) is 10.8. The molecule has 0 saturated heterocycles. The van der Waals surface area contributed by atoms with Crippen LogP contribution in [0.25, 0.3) is 0 Å². The summed E-state index contributed by atoms with van der Waals surface area (Å²) >= 11 is 6.45. The van der Waals surface area contributed by atoms with Gasteiger partial charge in [-0.05, 0) is 59.2 Å². The molecule has 0 fully saturated rings. The molecular formula is C15H13Br2F2N. The van der Waals surface area contributed by atoms with E-state index in [9.17, 15) is 8.78 Å². The maximum absolute atomic E-state index is 14.1. The fourth-order valence-corrected chi connectivity index (χ4v) is 3.02. The molecule has 0 heterocycles. The van der Waals surface area contributed by atoms with Gasteiger partial charge in [-0.25, -0.2) is 8.78 Å². The molecule has 0 bridgehead atoms. The second-order valence-corrected chi connectivity index (χ2v) is 6.24. The smallest absolute Gasteiger partial charge is 0.142 e. The topological polar surface area (TPSA) is 12.0 Å². The van der Waals surface area contributed by atoms with E-state index in [-0.39, 0.29) is 17.7 Å². The lowest BCUT2D eigenvalue weighted by Crippen LogP contribution is -2.20. The number of hydrogen-bond acceptors (Lipinski definition) is 1. The van der Waals surface area contributed by atoms with Crippen molar-refractivity contribution in [1.29, 1.82) is 0 Å². The molecular weight excluding hydrogens is 392 g/mol. The molecule has 1 N–H and O–H groups in total. The summed E-state index contributed by atoms with van der Waals surface area (Å²) in [6, 6.07) is 9.65. The van der Waals surface area contributed by atoms with Gasteiger partial charge < -0.3 is 5.32 Å². The van der Waals surface area contributed by atoms with Crippen molar-refractivity contribution in [1.82, 2.24) is 5.32 Å². The van der Waals surface area contributed by atoms with Crippen molar-refractivity contribution in [3.8, 4) is 0 Å². The molecule has 1 unspecified atom stereocenters. The molecule has 1 atom stereocenters. The van der Waals surface area contributed by atoms with Crippen LogP contribution in [0.2, 0.25) is 0 Å². The molecule has 5 heteroatoms. The predicted molar refractivity (Wildman–Crippen MR) is 83.7 cm³/mol. The van der Waals surface area contributed by atoms with Crippen molar-refractivity contribution in [3.63, 3.8) is 0 Å². The van der Waals surface area contributed by atoms with Gasteiger partial charge in [-0.1, -0.05) is 28.1 Å². The Bertz CT molecular complexity index is 597. The third-order valence-electron chi connectivity index (χ3n) is 3.07. The van der Waals surface area contributed by atoms with Crippen LogP contribution >= 0.6 is 31.9 Å². The minimum Gasteiger partial charge on any atom is -0.313 e. The molecule has 0 saturated carbocycles. The standard InChI is InChI=1S/C15H13Br2F2N/c1-20-14(12-3-2-4-13(17)15(12)19)7-9-5-10(16)8-11(18)6-9/h2-6,8,14,20H,7H2,1H3. The molecule has 0 aliphatic heterocycles. The van der Waals surface area contributed by atoms with Crippen LogP contribution in [0.1, 0.15) is 17.2 Å². The molecule has 106 valence electrons. The highest BCUT2D eigenvalue weighted by atomic mass is 79.9. The van der Waals surface area contributed by atoms with E-state index in [1.165, 1.54) is 12.1 Å². The Morgan fingerprint density at radius 1 is 1.15 bits per heavy atom. The van der Waals surface area contributed by atoms with Gasteiger partial charge in [-0.15, -0.1) is 0 Å². The molecule has 2 rings (SSSR count). The maximum Gasteiger partial charge on any atom is 0.142 e. The minimum absolute atomic E-state index is 0.221.